The highest BCUT2D eigenvalue weighted by Gasteiger charge is 2.26. The normalized spacial score (nSPS) is 14.6. The van der Waals surface area contributed by atoms with Gasteiger partial charge in [-0.15, -0.1) is 0 Å². The first-order valence-corrected chi connectivity index (χ1v) is 24.4. The number of hydrogen-bond acceptors (Lipinski definition) is 8. The van der Waals surface area contributed by atoms with Crippen molar-refractivity contribution in [1.82, 2.24) is 0 Å². The molecule has 0 fully saturated rings. The Morgan fingerprint density at radius 3 is 1.48 bits per heavy atom. The van der Waals surface area contributed by atoms with Crippen LogP contribution in [0.15, 0.2) is 72.9 Å². The quantitative estimate of drug-likeness (QED) is 0.0238. The SMILES string of the molecule is CC/C=C\C/C=C\C/C=C\C/C=C\CCCCCCCCCCC(=O)OC(COCCCCCCCC/C=C\C/C=C\CCCCC)COP(=O)(O)OCC(O)CO. The van der Waals surface area contributed by atoms with Gasteiger partial charge in [-0.1, -0.05) is 164 Å². The molecular weight excluding hydrogens is 751 g/mol. The second kappa shape index (κ2) is 44.5. The number of esters is 1. The van der Waals surface area contributed by atoms with Gasteiger partial charge in [0.15, 0.2) is 0 Å². The van der Waals surface area contributed by atoms with Crippen LogP contribution in [0.25, 0.3) is 0 Å². The molecule has 0 aliphatic carbocycles. The van der Waals surface area contributed by atoms with E-state index in [4.69, 9.17) is 23.6 Å². The second-order valence-corrected chi connectivity index (χ2v) is 16.5. The highest BCUT2D eigenvalue weighted by Crippen LogP contribution is 2.43. The molecule has 3 unspecified atom stereocenters. The largest absolute Gasteiger partial charge is 0.472 e. The molecule has 0 aromatic rings. The molecule has 0 saturated carbocycles. The number of ether oxygens (including phenoxy) is 2. The number of carbonyl (C=O) groups excluding carboxylic acids is 1. The van der Waals surface area contributed by atoms with E-state index in [-0.39, 0.29) is 19.6 Å². The van der Waals surface area contributed by atoms with Crippen LogP contribution in [-0.2, 0) is 27.9 Å². The van der Waals surface area contributed by atoms with E-state index in [0.717, 1.165) is 83.5 Å². The van der Waals surface area contributed by atoms with Gasteiger partial charge in [0.25, 0.3) is 0 Å². The molecule has 0 rings (SSSR count). The molecule has 0 spiro atoms. The number of unbranched alkanes of at least 4 members (excludes halogenated alkanes) is 17. The molecule has 0 aliphatic heterocycles. The van der Waals surface area contributed by atoms with Crippen molar-refractivity contribution in [1.29, 1.82) is 0 Å². The number of aliphatic hydroxyl groups is 2. The Labute approximate surface area is 354 Å². The van der Waals surface area contributed by atoms with E-state index in [0.29, 0.717) is 13.0 Å². The van der Waals surface area contributed by atoms with E-state index in [1.807, 2.05) is 0 Å². The summed E-state index contributed by atoms with van der Waals surface area (Å²) in [7, 11) is -4.53. The molecule has 0 radical (unpaired) electrons. The molecule has 3 N–H and O–H groups in total. The Morgan fingerprint density at radius 1 is 0.552 bits per heavy atom. The summed E-state index contributed by atoms with van der Waals surface area (Å²) in [5.41, 5.74) is 0. The maximum Gasteiger partial charge on any atom is 0.472 e. The number of aliphatic hydroxyl groups excluding tert-OH is 2. The minimum atomic E-state index is -4.53. The van der Waals surface area contributed by atoms with Gasteiger partial charge in [-0.05, 0) is 83.5 Å². The van der Waals surface area contributed by atoms with Crippen LogP contribution in [0.5, 0.6) is 0 Å². The molecule has 0 saturated heterocycles. The predicted molar refractivity (Wildman–Crippen MR) is 242 cm³/mol. The van der Waals surface area contributed by atoms with E-state index in [2.05, 4.69) is 86.8 Å². The average Bonchev–Trinajstić information content (AvgIpc) is 3.21. The molecule has 10 heteroatoms. The lowest BCUT2D eigenvalue weighted by Crippen LogP contribution is -2.29. The van der Waals surface area contributed by atoms with Gasteiger partial charge in [0, 0.05) is 13.0 Å². The smallest absolute Gasteiger partial charge is 0.457 e. The van der Waals surface area contributed by atoms with E-state index < -0.39 is 39.2 Å². The van der Waals surface area contributed by atoms with Gasteiger partial charge < -0.3 is 24.6 Å². The molecule has 336 valence electrons. The fourth-order valence-corrected chi connectivity index (χ4v) is 6.70. The summed E-state index contributed by atoms with van der Waals surface area (Å²) in [6.07, 6.45) is 52.8. The molecule has 0 heterocycles. The Balaban J connectivity index is 4.18. The molecule has 0 aromatic carbocycles. The Morgan fingerprint density at radius 2 is 0.983 bits per heavy atom. The van der Waals surface area contributed by atoms with Gasteiger partial charge in [0.05, 0.1) is 26.4 Å². The average molecular weight is 837 g/mol. The van der Waals surface area contributed by atoms with Crippen LogP contribution < -0.4 is 0 Å². The number of allylic oxidation sites excluding steroid dienone is 12. The zero-order valence-electron chi connectivity index (χ0n) is 36.7. The summed E-state index contributed by atoms with van der Waals surface area (Å²) in [5, 5.41) is 18.4. The highest BCUT2D eigenvalue weighted by atomic mass is 31.2. The lowest BCUT2D eigenvalue weighted by molar-refractivity contribution is -0.154. The van der Waals surface area contributed by atoms with Crippen molar-refractivity contribution in [3.05, 3.63) is 72.9 Å². The van der Waals surface area contributed by atoms with Gasteiger partial charge in [-0.2, -0.15) is 0 Å². The first kappa shape index (κ1) is 55.9. The van der Waals surface area contributed by atoms with E-state index >= 15 is 0 Å². The number of phosphoric ester groups is 1. The van der Waals surface area contributed by atoms with E-state index in [1.54, 1.807) is 0 Å². The lowest BCUT2D eigenvalue weighted by Gasteiger charge is -2.20. The van der Waals surface area contributed by atoms with Crippen molar-refractivity contribution in [2.45, 2.75) is 193 Å². The standard InChI is InChI=1S/C48H85O9P/c1-3-5-7-9-11-13-15-17-19-21-22-23-24-25-26-28-30-32-34-36-38-40-48(51)57-47(45-56-58(52,53)55-43-46(50)42-49)44-54-41-39-37-35-33-31-29-27-20-18-16-14-12-10-8-6-4-2/h5,7,11-14,17-20,22-23,46-47,49-50H,3-4,6,8-10,15-16,21,24-45H2,1-2H3,(H,52,53)/b7-5-,13-11-,14-12-,19-17-,20-18-,23-22-. The van der Waals surface area contributed by atoms with Crippen molar-refractivity contribution in [3.63, 3.8) is 0 Å². The fourth-order valence-electron chi connectivity index (χ4n) is 5.91. The molecule has 3 atom stereocenters. The van der Waals surface area contributed by atoms with E-state index in [9.17, 15) is 19.4 Å². The monoisotopic (exact) mass is 837 g/mol. The third kappa shape index (κ3) is 43.5. The maximum atomic E-state index is 12.6. The summed E-state index contributed by atoms with van der Waals surface area (Å²) in [6.45, 7) is 3.34. The molecule has 0 amide bonds. The molecule has 9 nitrogen and oxygen atoms in total. The van der Waals surface area contributed by atoms with Gasteiger partial charge in [0.2, 0.25) is 0 Å². The van der Waals surface area contributed by atoms with Crippen molar-refractivity contribution < 1.29 is 43.0 Å². The molecule has 0 aliphatic rings. The predicted octanol–water partition coefficient (Wildman–Crippen LogP) is 12.9. The van der Waals surface area contributed by atoms with Crippen LogP contribution in [0.1, 0.15) is 181 Å². The van der Waals surface area contributed by atoms with Crippen molar-refractivity contribution >= 4 is 13.8 Å². The van der Waals surface area contributed by atoms with Gasteiger partial charge in [0.1, 0.15) is 12.2 Å². The third-order valence-corrected chi connectivity index (χ3v) is 10.3. The summed E-state index contributed by atoms with van der Waals surface area (Å²) < 4.78 is 33.4. The number of carbonyl (C=O) groups is 1. The van der Waals surface area contributed by atoms with Crippen LogP contribution >= 0.6 is 7.82 Å². The molecule has 58 heavy (non-hydrogen) atoms. The molecular formula is C48H85O9P. The van der Waals surface area contributed by atoms with Gasteiger partial charge in [-0.3, -0.25) is 13.8 Å². The third-order valence-electron chi connectivity index (χ3n) is 9.38. The van der Waals surface area contributed by atoms with Crippen molar-refractivity contribution in [2.75, 3.05) is 33.0 Å². The summed E-state index contributed by atoms with van der Waals surface area (Å²) in [5.74, 6) is -0.397. The fraction of sp³-hybridized carbons (Fsp3) is 0.729. The van der Waals surface area contributed by atoms with Crippen LogP contribution in [0.3, 0.4) is 0 Å². The zero-order chi connectivity index (χ0) is 42.5. The topological polar surface area (TPSA) is 132 Å². The van der Waals surface area contributed by atoms with Crippen molar-refractivity contribution in [3.8, 4) is 0 Å². The summed E-state index contributed by atoms with van der Waals surface area (Å²) in [6, 6.07) is 0. The highest BCUT2D eigenvalue weighted by molar-refractivity contribution is 7.47. The maximum absolute atomic E-state index is 12.6. The van der Waals surface area contributed by atoms with Crippen LogP contribution in [-0.4, -0.2) is 66.3 Å². The Hall–Kier alpha value is -2.10. The minimum absolute atomic E-state index is 0.0353. The van der Waals surface area contributed by atoms with Crippen molar-refractivity contribution in [2.24, 2.45) is 0 Å². The number of phosphoric acid groups is 1. The minimum Gasteiger partial charge on any atom is -0.457 e. The second-order valence-electron chi connectivity index (χ2n) is 15.0. The van der Waals surface area contributed by atoms with Gasteiger partial charge >= 0.3 is 13.8 Å². The summed E-state index contributed by atoms with van der Waals surface area (Å²) >= 11 is 0. The zero-order valence-corrected chi connectivity index (χ0v) is 37.6. The van der Waals surface area contributed by atoms with Gasteiger partial charge in [-0.25, -0.2) is 4.57 Å². The molecule has 0 bridgehead atoms. The van der Waals surface area contributed by atoms with Crippen LogP contribution in [0.2, 0.25) is 0 Å². The van der Waals surface area contributed by atoms with Crippen LogP contribution in [0.4, 0.5) is 0 Å². The summed E-state index contributed by atoms with van der Waals surface area (Å²) in [4.78, 5) is 22.6. The van der Waals surface area contributed by atoms with Crippen LogP contribution in [0, 0.1) is 0 Å². The first-order valence-electron chi connectivity index (χ1n) is 22.9. The lowest BCUT2D eigenvalue weighted by atomic mass is 10.1. The number of hydrogen-bond donors (Lipinski definition) is 3. The number of rotatable bonds is 43. The first-order chi connectivity index (χ1) is 28.3. The Kier molecular flexibility index (Phi) is 42.8. The molecule has 0 aromatic heterocycles. The Bertz CT molecular complexity index is 1130. The van der Waals surface area contributed by atoms with E-state index in [1.165, 1.54) is 70.6 Å².